The van der Waals surface area contributed by atoms with Gasteiger partial charge in [0.25, 0.3) is 0 Å². The van der Waals surface area contributed by atoms with Crippen molar-refractivity contribution in [1.29, 1.82) is 0 Å². The van der Waals surface area contributed by atoms with Crippen molar-refractivity contribution >= 4 is 41.0 Å². The van der Waals surface area contributed by atoms with Crippen LogP contribution in [-0.4, -0.2) is 60.0 Å². The van der Waals surface area contributed by atoms with Crippen LogP contribution in [0.2, 0.25) is 10.0 Å². The van der Waals surface area contributed by atoms with E-state index in [4.69, 9.17) is 32.7 Å². The second kappa shape index (κ2) is 13.1. The van der Waals surface area contributed by atoms with Crippen LogP contribution in [0.1, 0.15) is 69.4 Å². The molecule has 9 heteroatoms. The molecule has 2 saturated heterocycles. The van der Waals surface area contributed by atoms with E-state index in [9.17, 15) is 14.4 Å². The molecule has 6 rings (SSSR count). The molecular weight excluding hydrogens is 611 g/mol. The molecular formula is C36H42Cl2N2O5. The molecule has 4 aliphatic rings. The normalized spacial score (nSPS) is 27.3. The van der Waals surface area contributed by atoms with Gasteiger partial charge in [-0.05, 0) is 79.2 Å². The number of fused-ring (bicyclic) bond motifs is 1. The highest BCUT2D eigenvalue weighted by atomic mass is 35.5. The van der Waals surface area contributed by atoms with Gasteiger partial charge in [-0.15, -0.1) is 0 Å². The maximum atomic E-state index is 14.5. The van der Waals surface area contributed by atoms with E-state index in [1.807, 2.05) is 23.1 Å². The number of benzene rings is 2. The van der Waals surface area contributed by atoms with Gasteiger partial charge in [-0.25, -0.2) is 0 Å². The predicted molar refractivity (Wildman–Crippen MR) is 173 cm³/mol. The van der Waals surface area contributed by atoms with Crippen LogP contribution >= 0.6 is 23.2 Å². The van der Waals surface area contributed by atoms with Crippen molar-refractivity contribution in [3.63, 3.8) is 0 Å². The Labute approximate surface area is 275 Å². The summed E-state index contributed by atoms with van der Waals surface area (Å²) >= 11 is 12.8. The van der Waals surface area contributed by atoms with Crippen molar-refractivity contribution in [3.05, 3.63) is 81.5 Å². The lowest BCUT2D eigenvalue weighted by Crippen LogP contribution is -2.61. The number of esters is 1. The summed E-state index contributed by atoms with van der Waals surface area (Å²) in [6.07, 6.45) is 5.05. The van der Waals surface area contributed by atoms with Crippen LogP contribution in [-0.2, 0) is 30.4 Å². The summed E-state index contributed by atoms with van der Waals surface area (Å²) in [6, 6.07) is 15.6. The third-order valence-electron chi connectivity index (χ3n) is 10.2. The number of hydrogen-bond acceptors (Lipinski definition) is 5. The van der Waals surface area contributed by atoms with E-state index < -0.39 is 23.4 Å². The summed E-state index contributed by atoms with van der Waals surface area (Å²) in [6.45, 7) is 5.57. The molecule has 0 unspecified atom stereocenters. The maximum absolute atomic E-state index is 14.5. The third-order valence-corrected chi connectivity index (χ3v) is 10.8. The molecule has 1 aliphatic carbocycles. The zero-order valence-corrected chi connectivity index (χ0v) is 27.7. The minimum absolute atomic E-state index is 0.0245. The molecule has 2 amide bonds. The van der Waals surface area contributed by atoms with E-state index in [0.717, 1.165) is 25.7 Å². The fraction of sp³-hybridized carbons (Fsp3) is 0.528. The van der Waals surface area contributed by atoms with Crippen molar-refractivity contribution in [1.82, 2.24) is 9.80 Å². The van der Waals surface area contributed by atoms with Crippen LogP contribution < -0.4 is 0 Å². The number of amides is 2. The first-order chi connectivity index (χ1) is 21.6. The Morgan fingerprint density at radius 1 is 1.04 bits per heavy atom. The van der Waals surface area contributed by atoms with E-state index in [-0.39, 0.29) is 49.1 Å². The van der Waals surface area contributed by atoms with Gasteiger partial charge in [-0.3, -0.25) is 14.4 Å². The summed E-state index contributed by atoms with van der Waals surface area (Å²) < 4.78 is 12.2. The molecule has 0 bridgehead atoms. The topological polar surface area (TPSA) is 76.2 Å². The van der Waals surface area contributed by atoms with Crippen LogP contribution in [0.25, 0.3) is 0 Å². The lowest BCUT2D eigenvalue weighted by molar-refractivity contribution is -0.182. The molecule has 3 aliphatic heterocycles. The van der Waals surface area contributed by atoms with E-state index in [2.05, 4.69) is 38.1 Å². The molecule has 2 aromatic rings. The largest absolute Gasteiger partial charge is 0.468 e. The Balaban J connectivity index is 1.33. The standard InChI is InChI=1S/C36H42Cl2N2O5/c1-22(2)30-19-31-36(35(43)44-3,33(45-30)25-9-10-25)20-27(34(42)40(31)21-26-11-12-28(37)18-29(26)38)17-32(41)39-15-13-24(14-16-39)23-7-5-4-6-8-23/h4-8,11-12,18-19,22,24-25,27,30,33H,9-10,13-17,20-21H2,1-3H3/t27-,30+,33+,36+/m0/s1. The quantitative estimate of drug-likeness (QED) is 0.287. The Morgan fingerprint density at radius 3 is 2.38 bits per heavy atom. The number of piperidine rings is 2. The van der Waals surface area contributed by atoms with Gasteiger partial charge >= 0.3 is 5.97 Å². The van der Waals surface area contributed by atoms with E-state index in [0.29, 0.717) is 40.3 Å². The highest BCUT2D eigenvalue weighted by molar-refractivity contribution is 6.35. The number of carbonyl (C=O) groups is 3. The molecule has 0 spiro atoms. The molecule has 240 valence electrons. The van der Waals surface area contributed by atoms with Crippen molar-refractivity contribution in [2.75, 3.05) is 20.2 Å². The van der Waals surface area contributed by atoms with Crippen molar-refractivity contribution in [2.24, 2.45) is 23.2 Å². The Bertz CT molecular complexity index is 1470. The first-order valence-corrected chi connectivity index (χ1v) is 16.9. The van der Waals surface area contributed by atoms with E-state index >= 15 is 0 Å². The molecule has 45 heavy (non-hydrogen) atoms. The number of likely N-dealkylation sites (tertiary alicyclic amines) is 2. The minimum Gasteiger partial charge on any atom is -0.468 e. The number of rotatable bonds is 8. The summed E-state index contributed by atoms with van der Waals surface area (Å²) in [7, 11) is 1.39. The molecule has 0 radical (unpaired) electrons. The monoisotopic (exact) mass is 652 g/mol. The fourth-order valence-electron chi connectivity index (χ4n) is 7.56. The smallest absolute Gasteiger partial charge is 0.320 e. The maximum Gasteiger partial charge on any atom is 0.320 e. The summed E-state index contributed by atoms with van der Waals surface area (Å²) in [5.74, 6) is -0.662. The van der Waals surface area contributed by atoms with Crippen LogP contribution in [0, 0.1) is 23.2 Å². The summed E-state index contributed by atoms with van der Waals surface area (Å²) in [5, 5.41) is 0.932. The molecule has 0 aromatic heterocycles. The highest BCUT2D eigenvalue weighted by Gasteiger charge is 2.64. The molecule has 3 fully saturated rings. The van der Waals surface area contributed by atoms with Crippen molar-refractivity contribution in [2.45, 2.75) is 77.0 Å². The van der Waals surface area contributed by atoms with Crippen molar-refractivity contribution < 1.29 is 23.9 Å². The number of methoxy groups -OCH3 is 1. The van der Waals surface area contributed by atoms with Gasteiger partial charge in [0.1, 0.15) is 5.41 Å². The molecule has 0 N–H and O–H groups in total. The van der Waals surface area contributed by atoms with Crippen molar-refractivity contribution in [3.8, 4) is 0 Å². The lowest BCUT2D eigenvalue weighted by Gasteiger charge is -2.53. The Hall–Kier alpha value is -2.87. The van der Waals surface area contributed by atoms with Crippen LogP contribution in [0.3, 0.4) is 0 Å². The number of carbonyl (C=O) groups excluding carboxylic acids is 3. The second-order valence-corrected chi connectivity index (χ2v) is 14.3. The molecule has 3 heterocycles. The van der Waals surface area contributed by atoms with Gasteiger partial charge in [-0.2, -0.15) is 0 Å². The van der Waals surface area contributed by atoms with Gasteiger partial charge in [0.2, 0.25) is 11.8 Å². The third kappa shape index (κ3) is 6.28. The number of nitrogens with zero attached hydrogens (tertiary/aromatic N) is 2. The summed E-state index contributed by atoms with van der Waals surface area (Å²) in [4.78, 5) is 45.9. The van der Waals surface area contributed by atoms with Crippen LogP contribution in [0.5, 0.6) is 0 Å². The molecule has 1 saturated carbocycles. The number of ether oxygens (including phenoxy) is 2. The first-order valence-electron chi connectivity index (χ1n) is 16.2. The highest BCUT2D eigenvalue weighted by Crippen LogP contribution is 2.57. The van der Waals surface area contributed by atoms with Gasteiger partial charge < -0.3 is 19.3 Å². The van der Waals surface area contributed by atoms with E-state index in [1.54, 1.807) is 17.0 Å². The zero-order valence-electron chi connectivity index (χ0n) is 26.2. The average Bonchev–Trinajstić information content (AvgIpc) is 3.89. The van der Waals surface area contributed by atoms with E-state index in [1.165, 1.54) is 12.7 Å². The van der Waals surface area contributed by atoms with Gasteiger partial charge in [0, 0.05) is 41.2 Å². The lowest BCUT2D eigenvalue weighted by atomic mass is 9.64. The number of halogens is 2. The molecule has 7 nitrogen and oxygen atoms in total. The second-order valence-electron chi connectivity index (χ2n) is 13.4. The van der Waals surface area contributed by atoms with Gasteiger partial charge in [-0.1, -0.05) is 73.4 Å². The molecule has 2 aromatic carbocycles. The molecule has 4 atom stereocenters. The summed E-state index contributed by atoms with van der Waals surface area (Å²) in [5.41, 5.74) is 1.41. The fourth-order valence-corrected chi connectivity index (χ4v) is 8.03. The average molecular weight is 654 g/mol. The Kier molecular flexibility index (Phi) is 9.33. The van der Waals surface area contributed by atoms with Gasteiger partial charge in [0.15, 0.2) is 0 Å². The van der Waals surface area contributed by atoms with Crippen LogP contribution in [0.15, 0.2) is 60.3 Å². The Morgan fingerprint density at radius 2 is 1.76 bits per heavy atom. The predicted octanol–water partition coefficient (Wildman–Crippen LogP) is 7.01. The zero-order chi connectivity index (χ0) is 31.9. The van der Waals surface area contributed by atoms with Crippen LogP contribution in [0.4, 0.5) is 0 Å². The van der Waals surface area contributed by atoms with Gasteiger partial charge in [0.05, 0.1) is 25.9 Å². The first kappa shape index (κ1) is 32.1. The minimum atomic E-state index is -1.21. The number of hydrogen-bond donors (Lipinski definition) is 0. The SMILES string of the molecule is COC(=O)[C@]12C[C@H](CC(=O)N3CCC(c4ccccc4)CC3)C(=O)N(Cc3ccc(Cl)cc3Cl)C1=C[C@H](C(C)C)O[C@@H]2C1CC1.